The lowest BCUT2D eigenvalue weighted by Gasteiger charge is -2.35. The van der Waals surface area contributed by atoms with E-state index >= 15 is 0 Å². The molecule has 2 aromatic rings. The molecule has 1 saturated heterocycles. The summed E-state index contributed by atoms with van der Waals surface area (Å²) in [5.74, 6) is 0.634. The summed E-state index contributed by atoms with van der Waals surface area (Å²) in [7, 11) is 1.77. The van der Waals surface area contributed by atoms with Gasteiger partial charge in [0, 0.05) is 45.6 Å². The van der Waals surface area contributed by atoms with Gasteiger partial charge in [-0.05, 0) is 19.1 Å². The van der Waals surface area contributed by atoms with Gasteiger partial charge in [0.2, 0.25) is 5.91 Å². The molecule has 1 unspecified atom stereocenters. The summed E-state index contributed by atoms with van der Waals surface area (Å²) in [4.78, 5) is 32.8. The van der Waals surface area contributed by atoms with Crippen molar-refractivity contribution in [3.05, 3.63) is 36.8 Å². The number of urea groups is 1. The minimum absolute atomic E-state index is 0.237. The molecule has 3 rings (SSSR count). The number of aryl methyl sites for hydroxylation is 1. The Balaban J connectivity index is 1.47. The van der Waals surface area contributed by atoms with Gasteiger partial charge < -0.3 is 20.4 Å². The summed E-state index contributed by atoms with van der Waals surface area (Å²) in [5.41, 5.74) is 0.600. The minimum Gasteiger partial charge on any atom is -0.353 e. The molecular weight excluding hydrogens is 334 g/mol. The van der Waals surface area contributed by atoms with Crippen molar-refractivity contribution < 1.29 is 9.59 Å². The van der Waals surface area contributed by atoms with Crippen LogP contribution in [0.2, 0.25) is 0 Å². The highest BCUT2D eigenvalue weighted by molar-refractivity contribution is 5.96. The van der Waals surface area contributed by atoms with E-state index in [1.54, 1.807) is 42.1 Å². The molecule has 2 N–H and O–H groups in total. The summed E-state index contributed by atoms with van der Waals surface area (Å²) in [5, 5.41) is 9.46. The highest BCUT2D eigenvalue weighted by Gasteiger charge is 2.24. The maximum absolute atomic E-state index is 12.4. The van der Waals surface area contributed by atoms with Crippen molar-refractivity contribution in [2.75, 3.05) is 36.4 Å². The smallest absolute Gasteiger partial charge is 0.318 e. The Labute approximate surface area is 152 Å². The van der Waals surface area contributed by atoms with Crippen molar-refractivity contribution in [3.63, 3.8) is 0 Å². The van der Waals surface area contributed by atoms with Gasteiger partial charge in [-0.25, -0.2) is 9.78 Å². The van der Waals surface area contributed by atoms with Gasteiger partial charge in [0.05, 0.1) is 11.9 Å². The number of rotatable bonds is 4. The number of hydrogen-bond acceptors (Lipinski definition) is 5. The van der Waals surface area contributed by atoms with Crippen molar-refractivity contribution in [3.8, 4) is 0 Å². The highest BCUT2D eigenvalue weighted by atomic mass is 16.2. The Kier molecular flexibility index (Phi) is 5.35. The Morgan fingerprint density at radius 1 is 1.19 bits per heavy atom. The molecule has 0 aromatic carbocycles. The standard InChI is InChI=1S/C17H23N7O2/c1-13(16(25)21-14-11-19-22(2)12-14)20-17(26)24-9-7-23(8-10-24)15-5-3-4-6-18-15/h3-6,11-13H,7-10H2,1-2H3,(H,20,26)(H,21,25). The van der Waals surface area contributed by atoms with E-state index in [1.165, 1.54) is 0 Å². The van der Waals surface area contributed by atoms with Gasteiger partial charge in [0.15, 0.2) is 0 Å². The number of carbonyl (C=O) groups is 2. The first-order valence-electron chi connectivity index (χ1n) is 8.54. The third kappa shape index (κ3) is 4.29. The van der Waals surface area contributed by atoms with E-state index < -0.39 is 6.04 Å². The third-order valence-electron chi connectivity index (χ3n) is 4.25. The molecule has 0 bridgehead atoms. The zero-order chi connectivity index (χ0) is 18.5. The molecular formula is C17H23N7O2. The van der Waals surface area contributed by atoms with E-state index in [4.69, 9.17) is 0 Å². The van der Waals surface area contributed by atoms with Crippen LogP contribution in [0.4, 0.5) is 16.3 Å². The lowest BCUT2D eigenvalue weighted by molar-refractivity contribution is -0.117. The summed E-state index contributed by atoms with van der Waals surface area (Å²) in [6.45, 7) is 4.24. The molecule has 1 aliphatic rings. The third-order valence-corrected chi connectivity index (χ3v) is 4.25. The number of aromatic nitrogens is 3. The van der Waals surface area contributed by atoms with Gasteiger partial charge in [-0.15, -0.1) is 0 Å². The zero-order valence-electron chi connectivity index (χ0n) is 14.9. The van der Waals surface area contributed by atoms with Crippen LogP contribution in [0, 0.1) is 0 Å². The average Bonchev–Trinajstić information content (AvgIpc) is 3.07. The van der Waals surface area contributed by atoms with Crippen LogP contribution in [-0.4, -0.2) is 63.8 Å². The number of nitrogens with zero attached hydrogens (tertiary/aromatic N) is 5. The normalized spacial score (nSPS) is 15.5. The molecule has 9 heteroatoms. The van der Waals surface area contributed by atoms with Gasteiger partial charge in [-0.2, -0.15) is 5.10 Å². The van der Waals surface area contributed by atoms with Crippen molar-refractivity contribution in [2.24, 2.45) is 7.05 Å². The summed E-state index contributed by atoms with van der Waals surface area (Å²) in [6, 6.07) is 4.91. The molecule has 0 aliphatic carbocycles. The molecule has 0 radical (unpaired) electrons. The maximum Gasteiger partial charge on any atom is 0.318 e. The van der Waals surface area contributed by atoms with Gasteiger partial charge in [0.1, 0.15) is 11.9 Å². The van der Waals surface area contributed by atoms with Gasteiger partial charge >= 0.3 is 6.03 Å². The van der Waals surface area contributed by atoms with Crippen molar-refractivity contribution in [2.45, 2.75) is 13.0 Å². The molecule has 0 spiro atoms. The second kappa shape index (κ2) is 7.85. The average molecular weight is 357 g/mol. The first-order valence-corrected chi connectivity index (χ1v) is 8.54. The fraction of sp³-hybridized carbons (Fsp3) is 0.412. The second-order valence-electron chi connectivity index (χ2n) is 6.23. The molecule has 3 heterocycles. The van der Waals surface area contributed by atoms with E-state index in [2.05, 4.69) is 25.6 Å². The SMILES string of the molecule is CC(NC(=O)N1CCN(c2ccccn2)CC1)C(=O)Nc1cnn(C)c1. The molecule has 1 aliphatic heterocycles. The summed E-state index contributed by atoms with van der Waals surface area (Å²) < 4.78 is 1.60. The predicted octanol–water partition coefficient (Wildman–Crippen LogP) is 0.674. The van der Waals surface area contributed by atoms with Gasteiger partial charge in [-0.3, -0.25) is 9.48 Å². The first kappa shape index (κ1) is 17.7. The monoisotopic (exact) mass is 357 g/mol. The Morgan fingerprint density at radius 2 is 1.96 bits per heavy atom. The van der Waals surface area contributed by atoms with Crippen LogP contribution < -0.4 is 15.5 Å². The first-order chi connectivity index (χ1) is 12.5. The largest absolute Gasteiger partial charge is 0.353 e. The molecule has 9 nitrogen and oxygen atoms in total. The van der Waals surface area contributed by atoms with E-state index in [1.807, 2.05) is 18.2 Å². The number of carbonyl (C=O) groups excluding carboxylic acids is 2. The maximum atomic E-state index is 12.4. The van der Waals surface area contributed by atoms with Crippen molar-refractivity contribution >= 4 is 23.4 Å². The number of anilines is 2. The Bertz CT molecular complexity index is 753. The Morgan fingerprint density at radius 3 is 2.58 bits per heavy atom. The number of nitrogens with one attached hydrogen (secondary N) is 2. The number of amides is 3. The van der Waals surface area contributed by atoms with Crippen LogP contribution in [0.1, 0.15) is 6.92 Å². The van der Waals surface area contributed by atoms with Crippen LogP contribution in [0.15, 0.2) is 36.8 Å². The molecule has 1 atom stereocenters. The van der Waals surface area contributed by atoms with E-state index in [0.29, 0.717) is 31.9 Å². The molecule has 0 saturated carbocycles. The molecule has 1 fully saturated rings. The number of piperazine rings is 1. The lowest BCUT2D eigenvalue weighted by atomic mass is 10.3. The second-order valence-corrected chi connectivity index (χ2v) is 6.23. The van der Waals surface area contributed by atoms with Gasteiger partial charge in [0.25, 0.3) is 0 Å². The molecule has 3 amide bonds. The number of pyridine rings is 1. The van der Waals surface area contributed by atoms with E-state index in [-0.39, 0.29) is 11.9 Å². The van der Waals surface area contributed by atoms with E-state index in [0.717, 1.165) is 5.82 Å². The number of hydrogen-bond donors (Lipinski definition) is 2. The van der Waals surface area contributed by atoms with Crippen molar-refractivity contribution in [1.29, 1.82) is 0 Å². The topological polar surface area (TPSA) is 95.4 Å². The highest BCUT2D eigenvalue weighted by Crippen LogP contribution is 2.12. The zero-order valence-corrected chi connectivity index (χ0v) is 14.9. The van der Waals surface area contributed by atoms with Crippen LogP contribution >= 0.6 is 0 Å². The van der Waals surface area contributed by atoms with E-state index in [9.17, 15) is 9.59 Å². The predicted molar refractivity (Wildman–Crippen MR) is 97.9 cm³/mol. The molecule has 2 aromatic heterocycles. The van der Waals surface area contributed by atoms with Crippen LogP contribution in [0.3, 0.4) is 0 Å². The fourth-order valence-electron chi connectivity index (χ4n) is 2.76. The van der Waals surface area contributed by atoms with Crippen LogP contribution in [0.5, 0.6) is 0 Å². The van der Waals surface area contributed by atoms with Crippen LogP contribution in [-0.2, 0) is 11.8 Å². The quantitative estimate of drug-likeness (QED) is 0.839. The minimum atomic E-state index is -0.642. The van der Waals surface area contributed by atoms with Crippen LogP contribution in [0.25, 0.3) is 0 Å². The molecule has 138 valence electrons. The Hall–Kier alpha value is -3.10. The summed E-state index contributed by atoms with van der Waals surface area (Å²) >= 11 is 0. The van der Waals surface area contributed by atoms with Crippen molar-refractivity contribution in [1.82, 2.24) is 25.0 Å². The fourth-order valence-corrected chi connectivity index (χ4v) is 2.76. The lowest BCUT2D eigenvalue weighted by Crippen LogP contribution is -2.54. The molecule has 26 heavy (non-hydrogen) atoms. The van der Waals surface area contributed by atoms with Gasteiger partial charge in [-0.1, -0.05) is 6.07 Å². The summed E-state index contributed by atoms with van der Waals surface area (Å²) in [6.07, 6.45) is 5.02.